The first-order valence-electron chi connectivity index (χ1n) is 8.18. The molecule has 1 aromatic heterocycles. The number of hydrogen-bond donors (Lipinski definition) is 1. The first-order chi connectivity index (χ1) is 10.2. The fraction of sp³-hybridized carbons (Fsp3) is 0.812. The predicted octanol–water partition coefficient (Wildman–Crippen LogP) is 1.66. The largest absolute Gasteiger partial charge is 0.383 e. The summed E-state index contributed by atoms with van der Waals surface area (Å²) in [5, 5.41) is 8.02. The van der Waals surface area contributed by atoms with Crippen molar-refractivity contribution in [3.8, 4) is 0 Å². The second kappa shape index (κ2) is 8.51. The van der Waals surface area contributed by atoms with Gasteiger partial charge in [0, 0.05) is 26.7 Å². The van der Waals surface area contributed by atoms with Gasteiger partial charge in [0.15, 0.2) is 0 Å². The van der Waals surface area contributed by atoms with Crippen LogP contribution >= 0.6 is 0 Å². The van der Waals surface area contributed by atoms with Crippen LogP contribution in [0.3, 0.4) is 0 Å². The van der Waals surface area contributed by atoms with Gasteiger partial charge in [-0.2, -0.15) is 5.10 Å². The summed E-state index contributed by atoms with van der Waals surface area (Å²) in [5.74, 6) is 0.816. The van der Waals surface area contributed by atoms with Gasteiger partial charge in [0.25, 0.3) is 0 Å². The Morgan fingerprint density at radius 1 is 1.38 bits per heavy atom. The number of likely N-dealkylation sites (tertiary alicyclic amines) is 1. The van der Waals surface area contributed by atoms with Gasteiger partial charge in [-0.05, 0) is 58.3 Å². The van der Waals surface area contributed by atoms with Crippen LogP contribution in [-0.2, 0) is 17.8 Å². The van der Waals surface area contributed by atoms with E-state index in [2.05, 4.69) is 39.9 Å². The zero-order valence-corrected chi connectivity index (χ0v) is 13.8. The van der Waals surface area contributed by atoms with Crippen molar-refractivity contribution in [2.75, 3.05) is 39.9 Å². The van der Waals surface area contributed by atoms with E-state index in [1.54, 1.807) is 7.11 Å². The van der Waals surface area contributed by atoms with Gasteiger partial charge in [0.2, 0.25) is 0 Å². The summed E-state index contributed by atoms with van der Waals surface area (Å²) in [7, 11) is 1.75. The van der Waals surface area contributed by atoms with Crippen molar-refractivity contribution in [3.63, 3.8) is 0 Å². The summed E-state index contributed by atoms with van der Waals surface area (Å²) in [6, 6.07) is 2.22. The number of aryl methyl sites for hydroxylation is 2. The van der Waals surface area contributed by atoms with Crippen LogP contribution in [0.4, 0.5) is 0 Å². The van der Waals surface area contributed by atoms with Gasteiger partial charge in [-0.3, -0.25) is 9.58 Å². The molecular weight excluding hydrogens is 264 g/mol. The fourth-order valence-electron chi connectivity index (χ4n) is 3.06. The van der Waals surface area contributed by atoms with E-state index in [4.69, 9.17) is 4.74 Å². The van der Waals surface area contributed by atoms with Crippen LogP contribution in [0, 0.1) is 12.8 Å². The average Bonchev–Trinajstić information content (AvgIpc) is 2.85. The smallest absolute Gasteiger partial charge is 0.0597 e. The normalized spacial score (nSPS) is 17.5. The minimum Gasteiger partial charge on any atom is -0.383 e. The number of nitrogens with zero attached hydrogens (tertiary/aromatic N) is 3. The molecular formula is C16H30N4O. The highest BCUT2D eigenvalue weighted by Gasteiger charge is 2.20. The SMILES string of the molecule is CCn1nc(C)cc1CN1CCC(CNCCOC)CC1. The molecule has 1 N–H and O–H groups in total. The Hall–Kier alpha value is -0.910. The molecule has 1 aromatic rings. The van der Waals surface area contributed by atoms with E-state index < -0.39 is 0 Å². The Morgan fingerprint density at radius 3 is 2.81 bits per heavy atom. The molecule has 5 nitrogen and oxygen atoms in total. The Labute approximate surface area is 128 Å². The number of nitrogens with one attached hydrogen (secondary N) is 1. The zero-order chi connectivity index (χ0) is 15.1. The van der Waals surface area contributed by atoms with E-state index in [0.29, 0.717) is 0 Å². The molecule has 0 aromatic carbocycles. The quantitative estimate of drug-likeness (QED) is 0.741. The van der Waals surface area contributed by atoms with Crippen molar-refractivity contribution in [3.05, 3.63) is 17.5 Å². The highest BCUT2D eigenvalue weighted by molar-refractivity contribution is 5.09. The van der Waals surface area contributed by atoms with E-state index in [1.807, 2.05) is 0 Å². The molecule has 5 heteroatoms. The number of hydrogen-bond acceptors (Lipinski definition) is 4. The molecule has 21 heavy (non-hydrogen) atoms. The van der Waals surface area contributed by atoms with Crippen molar-refractivity contribution in [2.24, 2.45) is 5.92 Å². The molecule has 2 heterocycles. The van der Waals surface area contributed by atoms with E-state index in [0.717, 1.165) is 44.4 Å². The van der Waals surface area contributed by atoms with E-state index in [1.165, 1.54) is 31.6 Å². The molecule has 2 rings (SSSR count). The van der Waals surface area contributed by atoms with Crippen molar-refractivity contribution in [2.45, 2.75) is 39.8 Å². The molecule has 1 aliphatic heterocycles. The Bertz CT molecular complexity index is 410. The van der Waals surface area contributed by atoms with Crippen LogP contribution in [0.2, 0.25) is 0 Å². The summed E-state index contributed by atoms with van der Waals surface area (Å²) in [6.07, 6.45) is 2.58. The molecule has 0 bridgehead atoms. The van der Waals surface area contributed by atoms with E-state index in [-0.39, 0.29) is 0 Å². The van der Waals surface area contributed by atoms with Crippen LogP contribution in [0.15, 0.2) is 6.07 Å². The summed E-state index contributed by atoms with van der Waals surface area (Å²) in [6.45, 7) is 11.5. The number of ether oxygens (including phenoxy) is 1. The zero-order valence-electron chi connectivity index (χ0n) is 13.8. The molecule has 0 saturated carbocycles. The molecule has 0 atom stereocenters. The maximum atomic E-state index is 5.06. The Balaban J connectivity index is 1.71. The lowest BCUT2D eigenvalue weighted by molar-refractivity contribution is 0.165. The minimum atomic E-state index is 0.805. The monoisotopic (exact) mass is 294 g/mol. The van der Waals surface area contributed by atoms with Gasteiger partial charge in [0.05, 0.1) is 18.0 Å². The maximum absolute atomic E-state index is 5.06. The maximum Gasteiger partial charge on any atom is 0.0597 e. The molecule has 0 radical (unpaired) electrons. The number of piperidine rings is 1. The summed E-state index contributed by atoms with van der Waals surface area (Å²) >= 11 is 0. The molecule has 120 valence electrons. The second-order valence-corrected chi connectivity index (χ2v) is 6.01. The molecule has 0 unspecified atom stereocenters. The molecule has 0 amide bonds. The topological polar surface area (TPSA) is 42.3 Å². The molecule has 1 saturated heterocycles. The van der Waals surface area contributed by atoms with Gasteiger partial charge < -0.3 is 10.1 Å². The highest BCUT2D eigenvalue weighted by Crippen LogP contribution is 2.18. The number of rotatable bonds is 8. The third-order valence-electron chi connectivity index (χ3n) is 4.29. The van der Waals surface area contributed by atoms with E-state index >= 15 is 0 Å². The highest BCUT2D eigenvalue weighted by atomic mass is 16.5. The van der Waals surface area contributed by atoms with Gasteiger partial charge in [0.1, 0.15) is 0 Å². The lowest BCUT2D eigenvalue weighted by Crippen LogP contribution is -2.37. The minimum absolute atomic E-state index is 0.805. The summed E-state index contributed by atoms with van der Waals surface area (Å²) in [5.41, 5.74) is 2.48. The van der Waals surface area contributed by atoms with Crippen molar-refractivity contribution in [1.82, 2.24) is 20.0 Å². The predicted molar refractivity (Wildman–Crippen MR) is 85.4 cm³/mol. The van der Waals surface area contributed by atoms with Gasteiger partial charge in [-0.1, -0.05) is 0 Å². The Kier molecular flexibility index (Phi) is 6.67. The molecule has 0 aliphatic carbocycles. The number of aromatic nitrogens is 2. The second-order valence-electron chi connectivity index (χ2n) is 6.01. The van der Waals surface area contributed by atoms with Crippen LogP contribution in [-0.4, -0.2) is 54.6 Å². The first-order valence-corrected chi connectivity index (χ1v) is 8.18. The first kappa shape index (κ1) is 16.5. The number of methoxy groups -OCH3 is 1. The molecule has 0 spiro atoms. The van der Waals surface area contributed by atoms with Gasteiger partial charge >= 0.3 is 0 Å². The molecule has 1 fully saturated rings. The third-order valence-corrected chi connectivity index (χ3v) is 4.29. The van der Waals surface area contributed by atoms with Crippen LogP contribution in [0.1, 0.15) is 31.2 Å². The van der Waals surface area contributed by atoms with Gasteiger partial charge in [-0.25, -0.2) is 0 Å². The van der Waals surface area contributed by atoms with Crippen molar-refractivity contribution >= 4 is 0 Å². The lowest BCUT2D eigenvalue weighted by atomic mass is 9.96. The van der Waals surface area contributed by atoms with Crippen LogP contribution < -0.4 is 5.32 Å². The Morgan fingerprint density at radius 2 is 2.14 bits per heavy atom. The van der Waals surface area contributed by atoms with Crippen LogP contribution in [0.25, 0.3) is 0 Å². The third kappa shape index (κ3) is 5.09. The van der Waals surface area contributed by atoms with Crippen molar-refractivity contribution < 1.29 is 4.74 Å². The van der Waals surface area contributed by atoms with Crippen LogP contribution in [0.5, 0.6) is 0 Å². The van der Waals surface area contributed by atoms with E-state index in [9.17, 15) is 0 Å². The van der Waals surface area contributed by atoms with Gasteiger partial charge in [-0.15, -0.1) is 0 Å². The summed E-state index contributed by atoms with van der Waals surface area (Å²) < 4.78 is 7.19. The standard InChI is InChI=1S/C16H30N4O/c1-4-20-16(11-14(2)18-20)13-19-8-5-15(6-9-19)12-17-7-10-21-3/h11,15,17H,4-10,12-13H2,1-3H3. The molecule has 1 aliphatic rings. The summed E-state index contributed by atoms with van der Waals surface area (Å²) in [4.78, 5) is 2.56. The fourth-order valence-corrected chi connectivity index (χ4v) is 3.06. The average molecular weight is 294 g/mol. The van der Waals surface area contributed by atoms with Crippen molar-refractivity contribution in [1.29, 1.82) is 0 Å². The lowest BCUT2D eigenvalue weighted by Gasteiger charge is -2.32.